The Kier molecular flexibility index (Phi) is 6.54. The van der Waals surface area contributed by atoms with Crippen LogP contribution in [0.5, 0.6) is 0 Å². The first-order chi connectivity index (χ1) is 11.5. The fourth-order valence-corrected chi connectivity index (χ4v) is 3.08. The zero-order valence-electron chi connectivity index (χ0n) is 12.7. The lowest BCUT2D eigenvalue weighted by Crippen LogP contribution is -2.22. The van der Waals surface area contributed by atoms with Crippen LogP contribution >= 0.6 is 0 Å². The lowest BCUT2D eigenvalue weighted by molar-refractivity contribution is -0.113. The Balaban J connectivity index is 1.80. The average Bonchev–Trinajstić information content (AvgIpc) is 2.56. The van der Waals surface area contributed by atoms with Crippen LogP contribution < -0.4 is 5.32 Å². The number of carbonyl (C=O) groups excluding carboxylic acids is 1. The molecule has 0 saturated carbocycles. The summed E-state index contributed by atoms with van der Waals surface area (Å²) < 4.78 is 51.2. The molecule has 3 nitrogen and oxygen atoms in total. The van der Waals surface area contributed by atoms with E-state index in [2.05, 4.69) is 5.32 Å². The second-order valence-electron chi connectivity index (χ2n) is 5.15. The monoisotopic (exact) mass is 355 g/mol. The maximum absolute atomic E-state index is 13.4. The van der Waals surface area contributed by atoms with E-state index in [0.717, 1.165) is 18.1 Å². The summed E-state index contributed by atoms with van der Waals surface area (Å²) in [4.78, 5) is 11.7. The molecule has 0 radical (unpaired) electrons. The first-order valence-electron chi connectivity index (χ1n) is 7.29. The molecule has 2 aromatic rings. The lowest BCUT2D eigenvalue weighted by atomic mass is 10.1. The van der Waals surface area contributed by atoms with E-state index in [0.29, 0.717) is 18.2 Å². The van der Waals surface area contributed by atoms with Gasteiger partial charge in [0.2, 0.25) is 5.91 Å². The number of hydrogen-bond acceptors (Lipinski definition) is 2. The first-order valence-corrected chi connectivity index (χ1v) is 8.78. The Labute approximate surface area is 140 Å². The summed E-state index contributed by atoms with van der Waals surface area (Å²) in [7, 11) is -1.42. The van der Waals surface area contributed by atoms with Gasteiger partial charge in [-0.15, -0.1) is 0 Å². The van der Waals surface area contributed by atoms with Crippen LogP contribution in [0.1, 0.15) is 12.0 Å². The molecular weight excluding hydrogens is 339 g/mol. The van der Waals surface area contributed by atoms with E-state index in [1.165, 1.54) is 0 Å². The third-order valence-electron chi connectivity index (χ3n) is 3.28. The van der Waals surface area contributed by atoms with Gasteiger partial charge in [-0.3, -0.25) is 9.00 Å². The minimum atomic E-state index is -1.66. The van der Waals surface area contributed by atoms with Crippen LogP contribution in [0.3, 0.4) is 0 Å². The predicted octanol–water partition coefficient (Wildman–Crippen LogP) is 3.42. The molecule has 0 bridgehead atoms. The molecule has 1 amide bonds. The molecule has 2 aromatic carbocycles. The SMILES string of the molecule is O=C(C[S@](=O)CCCc1ccccc1)Nc1ccc(F)c(F)c1F. The minimum absolute atomic E-state index is 0.322. The maximum atomic E-state index is 13.4. The van der Waals surface area contributed by atoms with Crippen molar-refractivity contribution in [3.8, 4) is 0 Å². The van der Waals surface area contributed by atoms with Gasteiger partial charge in [-0.05, 0) is 30.5 Å². The van der Waals surface area contributed by atoms with Crippen LogP contribution in [-0.2, 0) is 22.0 Å². The average molecular weight is 355 g/mol. The van der Waals surface area contributed by atoms with Crippen LogP contribution in [0.15, 0.2) is 42.5 Å². The zero-order chi connectivity index (χ0) is 17.5. The number of rotatable bonds is 7. The Hall–Kier alpha value is -2.15. The smallest absolute Gasteiger partial charge is 0.237 e. The van der Waals surface area contributed by atoms with E-state index in [1.807, 2.05) is 30.3 Å². The molecule has 0 saturated heterocycles. The van der Waals surface area contributed by atoms with Crippen molar-refractivity contribution >= 4 is 22.4 Å². The van der Waals surface area contributed by atoms with Gasteiger partial charge in [-0.25, -0.2) is 13.2 Å². The van der Waals surface area contributed by atoms with Gasteiger partial charge in [0, 0.05) is 16.6 Å². The Bertz CT molecular complexity index is 738. The van der Waals surface area contributed by atoms with Gasteiger partial charge in [0.25, 0.3) is 0 Å². The number of amides is 1. The highest BCUT2D eigenvalue weighted by Gasteiger charge is 2.16. The summed E-state index contributed by atoms with van der Waals surface area (Å²) in [5.74, 6) is -5.18. The number of nitrogens with one attached hydrogen (secondary N) is 1. The molecule has 0 aliphatic rings. The van der Waals surface area contributed by atoms with Crippen molar-refractivity contribution in [2.75, 3.05) is 16.8 Å². The molecule has 0 unspecified atom stereocenters. The second-order valence-corrected chi connectivity index (χ2v) is 6.73. The van der Waals surface area contributed by atoms with E-state index in [1.54, 1.807) is 0 Å². The van der Waals surface area contributed by atoms with Gasteiger partial charge in [0.05, 0.1) is 5.69 Å². The fourth-order valence-electron chi connectivity index (χ4n) is 2.11. The van der Waals surface area contributed by atoms with Crippen molar-refractivity contribution in [3.05, 3.63) is 65.5 Å². The Morgan fingerprint density at radius 3 is 2.42 bits per heavy atom. The van der Waals surface area contributed by atoms with Gasteiger partial charge in [0.15, 0.2) is 17.5 Å². The molecule has 0 aliphatic carbocycles. The van der Waals surface area contributed by atoms with E-state index >= 15 is 0 Å². The summed E-state index contributed by atoms with van der Waals surface area (Å²) >= 11 is 0. The third-order valence-corrected chi connectivity index (χ3v) is 4.61. The highest BCUT2D eigenvalue weighted by atomic mass is 32.2. The van der Waals surface area contributed by atoms with Crippen molar-refractivity contribution in [2.45, 2.75) is 12.8 Å². The van der Waals surface area contributed by atoms with Crippen LogP contribution in [0, 0.1) is 17.5 Å². The van der Waals surface area contributed by atoms with Crippen molar-refractivity contribution in [1.82, 2.24) is 0 Å². The summed E-state index contributed by atoms with van der Waals surface area (Å²) in [6.07, 6.45) is 1.38. The number of carbonyl (C=O) groups is 1. The van der Waals surface area contributed by atoms with Gasteiger partial charge >= 0.3 is 0 Å². The number of anilines is 1. The molecule has 128 valence electrons. The summed E-state index contributed by atoms with van der Waals surface area (Å²) in [5, 5.41) is 2.10. The molecule has 0 fully saturated rings. The molecule has 0 heterocycles. The number of halogens is 3. The topological polar surface area (TPSA) is 46.2 Å². The zero-order valence-corrected chi connectivity index (χ0v) is 13.5. The molecule has 7 heteroatoms. The number of aryl methyl sites for hydroxylation is 1. The standard InChI is InChI=1S/C17H16F3NO2S/c18-13-8-9-14(17(20)16(13)19)21-15(22)11-24(23)10-4-7-12-5-2-1-3-6-12/h1-3,5-6,8-9H,4,7,10-11H2,(H,21,22)/t24-/m1/s1. The number of hydrogen-bond donors (Lipinski definition) is 1. The molecule has 1 N–H and O–H groups in total. The fraction of sp³-hybridized carbons (Fsp3) is 0.235. The highest BCUT2D eigenvalue weighted by Crippen LogP contribution is 2.19. The van der Waals surface area contributed by atoms with Crippen LogP contribution in [0.2, 0.25) is 0 Å². The summed E-state index contributed by atoms with van der Waals surface area (Å²) in [6, 6.07) is 11.3. The highest BCUT2D eigenvalue weighted by molar-refractivity contribution is 7.85. The number of benzene rings is 2. The van der Waals surface area contributed by atoms with E-state index in [4.69, 9.17) is 0 Å². The third kappa shape index (κ3) is 5.19. The quantitative estimate of drug-likeness (QED) is 0.774. The van der Waals surface area contributed by atoms with Crippen molar-refractivity contribution in [2.24, 2.45) is 0 Å². The van der Waals surface area contributed by atoms with Crippen molar-refractivity contribution in [1.29, 1.82) is 0 Å². The lowest BCUT2D eigenvalue weighted by Gasteiger charge is -2.07. The van der Waals surface area contributed by atoms with Crippen LogP contribution in [0.4, 0.5) is 18.9 Å². The van der Waals surface area contributed by atoms with Crippen LogP contribution in [0.25, 0.3) is 0 Å². The van der Waals surface area contributed by atoms with Gasteiger partial charge in [0.1, 0.15) is 5.75 Å². The summed E-state index contributed by atoms with van der Waals surface area (Å²) in [6.45, 7) is 0. The second kappa shape index (κ2) is 8.63. The Morgan fingerprint density at radius 2 is 1.71 bits per heavy atom. The maximum Gasteiger partial charge on any atom is 0.237 e. The summed E-state index contributed by atoms with van der Waals surface area (Å²) in [5.41, 5.74) is 0.642. The van der Waals surface area contributed by atoms with Crippen molar-refractivity contribution in [3.63, 3.8) is 0 Å². The minimum Gasteiger partial charge on any atom is -0.323 e. The molecule has 0 spiro atoms. The largest absolute Gasteiger partial charge is 0.323 e. The van der Waals surface area contributed by atoms with E-state index in [9.17, 15) is 22.2 Å². The first kappa shape index (κ1) is 18.2. The molecule has 1 atom stereocenters. The van der Waals surface area contributed by atoms with Crippen LogP contribution in [-0.4, -0.2) is 21.6 Å². The Morgan fingerprint density at radius 1 is 1.00 bits per heavy atom. The molecule has 24 heavy (non-hydrogen) atoms. The molecule has 2 rings (SSSR count). The van der Waals surface area contributed by atoms with Crippen molar-refractivity contribution < 1.29 is 22.2 Å². The molecule has 0 aliphatic heterocycles. The molecular formula is C17H16F3NO2S. The van der Waals surface area contributed by atoms with E-state index in [-0.39, 0.29) is 5.75 Å². The van der Waals surface area contributed by atoms with Gasteiger partial charge in [-0.1, -0.05) is 30.3 Å². The molecule has 0 aromatic heterocycles. The van der Waals surface area contributed by atoms with Gasteiger partial charge < -0.3 is 5.32 Å². The normalized spacial score (nSPS) is 12.0. The van der Waals surface area contributed by atoms with Gasteiger partial charge in [-0.2, -0.15) is 0 Å². The van der Waals surface area contributed by atoms with E-state index < -0.39 is 39.8 Å². The predicted molar refractivity (Wildman–Crippen MR) is 87.6 cm³/mol.